The molecule has 1 aromatic heterocycles. The number of aliphatic hydroxyl groups is 3. The first-order valence-electron chi connectivity index (χ1n) is 13.5. The summed E-state index contributed by atoms with van der Waals surface area (Å²) >= 11 is 0. The van der Waals surface area contributed by atoms with E-state index in [0.29, 0.717) is 11.3 Å². The molecule has 0 bridgehead atoms. The second kappa shape index (κ2) is 13.0. The molecule has 1 saturated carbocycles. The van der Waals surface area contributed by atoms with E-state index < -0.39 is 58.9 Å². The van der Waals surface area contributed by atoms with Crippen LogP contribution in [-0.4, -0.2) is 66.2 Å². The Hall–Kier alpha value is -3.75. The van der Waals surface area contributed by atoms with Gasteiger partial charge in [0.25, 0.3) is 10.0 Å². The van der Waals surface area contributed by atoms with Gasteiger partial charge >= 0.3 is 5.63 Å². The molecule has 1 heterocycles. The van der Waals surface area contributed by atoms with Crippen molar-refractivity contribution in [3.05, 3.63) is 88.0 Å². The van der Waals surface area contributed by atoms with Gasteiger partial charge in [-0.15, -0.1) is 0 Å². The maximum atomic E-state index is 13.2. The Morgan fingerprint density at radius 2 is 1.69 bits per heavy atom. The number of hydrogen-bond donors (Lipinski definition) is 7. The average molecular weight is 602 g/mol. The average Bonchev–Trinajstić information content (AvgIpc) is 3.82. The summed E-state index contributed by atoms with van der Waals surface area (Å²) in [6.07, 6.45) is 1.65. The van der Waals surface area contributed by atoms with Crippen molar-refractivity contribution < 1.29 is 38.1 Å². The van der Waals surface area contributed by atoms with E-state index in [1.54, 1.807) is 42.5 Å². The normalized spacial score (nSPS) is 15.1. The van der Waals surface area contributed by atoms with Crippen LogP contribution in [0.1, 0.15) is 42.1 Å². The molecule has 1 aliphatic rings. The molecule has 42 heavy (non-hydrogen) atoms. The summed E-state index contributed by atoms with van der Waals surface area (Å²) in [4.78, 5) is 25.7. The van der Waals surface area contributed by atoms with Crippen molar-refractivity contribution in [3.63, 3.8) is 0 Å². The molecule has 3 aromatic rings. The number of aliphatic hydroxyl groups excluding tert-OH is 3. The lowest BCUT2D eigenvalue weighted by Gasteiger charge is -2.30. The lowest BCUT2D eigenvalue weighted by Crippen LogP contribution is -2.60. The number of aryl methyl sites for hydroxylation is 1. The number of carbonyl (C=O) groups is 1. The highest BCUT2D eigenvalue weighted by molar-refractivity contribution is 7.92. The number of benzene rings is 2. The SMILES string of the molecule is NC(CCc1cc(O)c(C(c2cccc(NS(=O)(=O)c3ccccc3)c2)C2CC2)c(=O)o1)C(=O)NC(CO)(CO)CO. The molecule has 4 rings (SSSR count). The molecule has 1 amide bonds. The molecule has 0 saturated heterocycles. The van der Waals surface area contributed by atoms with Gasteiger partial charge in [0.1, 0.15) is 17.0 Å². The molecule has 2 aromatic carbocycles. The van der Waals surface area contributed by atoms with E-state index in [9.17, 15) is 38.4 Å². The number of anilines is 1. The van der Waals surface area contributed by atoms with Crippen LogP contribution < -0.4 is 21.4 Å². The van der Waals surface area contributed by atoms with Crippen LogP contribution in [0, 0.1) is 5.92 Å². The van der Waals surface area contributed by atoms with Gasteiger partial charge in [0, 0.05) is 24.1 Å². The number of rotatable bonds is 14. The Morgan fingerprint density at radius 3 is 2.29 bits per heavy atom. The molecule has 1 fully saturated rings. The van der Waals surface area contributed by atoms with E-state index in [2.05, 4.69) is 10.0 Å². The third-order valence-corrected chi connectivity index (χ3v) is 8.71. The summed E-state index contributed by atoms with van der Waals surface area (Å²) in [5, 5.41) is 41.5. The van der Waals surface area contributed by atoms with Crippen molar-refractivity contribution in [1.82, 2.24) is 5.32 Å². The van der Waals surface area contributed by atoms with E-state index in [-0.39, 0.29) is 40.7 Å². The van der Waals surface area contributed by atoms with Crippen LogP contribution in [0.25, 0.3) is 0 Å². The molecule has 1 aliphatic carbocycles. The molecule has 0 radical (unpaired) electrons. The fourth-order valence-corrected chi connectivity index (χ4v) is 5.78. The summed E-state index contributed by atoms with van der Waals surface area (Å²) in [6.45, 7) is -2.11. The van der Waals surface area contributed by atoms with E-state index >= 15 is 0 Å². The van der Waals surface area contributed by atoms with Gasteiger partial charge in [-0.05, 0) is 55.0 Å². The molecular formula is C29H35N3O9S. The Morgan fingerprint density at radius 1 is 1.02 bits per heavy atom. The topological polar surface area (TPSA) is 212 Å². The standard InChI is InChI=1S/C29H35N3O9S/c30-23(27(37)31-29(15-33,16-34)17-35)12-11-21-14-24(36)26(28(38)41-21)25(18-9-10-18)19-5-4-6-20(13-19)32-42(39,40)22-7-2-1-3-8-22/h1-8,13-14,18,23,25,32-36H,9-12,15-17,30H2,(H,31,37). The minimum absolute atomic E-state index is 0.00157. The predicted octanol–water partition coefficient (Wildman–Crippen LogP) is 0.780. The van der Waals surface area contributed by atoms with Crippen molar-refractivity contribution in [2.75, 3.05) is 24.5 Å². The molecule has 8 N–H and O–H groups in total. The lowest BCUT2D eigenvalue weighted by molar-refractivity contribution is -0.126. The van der Waals surface area contributed by atoms with Crippen LogP contribution in [0.5, 0.6) is 5.75 Å². The summed E-state index contributed by atoms with van der Waals surface area (Å²) in [6, 6.07) is 14.8. The van der Waals surface area contributed by atoms with Crippen molar-refractivity contribution in [1.29, 1.82) is 0 Å². The fourth-order valence-electron chi connectivity index (χ4n) is 4.71. The molecule has 226 valence electrons. The quantitative estimate of drug-likeness (QED) is 0.138. The smallest absolute Gasteiger partial charge is 0.343 e. The van der Waals surface area contributed by atoms with Gasteiger partial charge in [-0.3, -0.25) is 9.52 Å². The molecule has 13 heteroatoms. The second-order valence-corrected chi connectivity index (χ2v) is 12.2. The van der Waals surface area contributed by atoms with Crippen LogP contribution in [0.4, 0.5) is 5.69 Å². The number of carbonyl (C=O) groups excluding carboxylic acids is 1. The zero-order valence-electron chi connectivity index (χ0n) is 22.8. The highest BCUT2D eigenvalue weighted by atomic mass is 32.2. The number of nitrogens with one attached hydrogen (secondary N) is 2. The van der Waals surface area contributed by atoms with Crippen molar-refractivity contribution >= 4 is 21.6 Å². The Labute approximate surface area is 242 Å². The van der Waals surface area contributed by atoms with Crippen molar-refractivity contribution in [2.45, 2.75) is 48.1 Å². The van der Waals surface area contributed by atoms with Gasteiger partial charge < -0.3 is 35.9 Å². The summed E-state index contributed by atoms with van der Waals surface area (Å²) in [7, 11) is -3.84. The third-order valence-electron chi connectivity index (χ3n) is 7.31. The first kappa shape index (κ1) is 31.2. The summed E-state index contributed by atoms with van der Waals surface area (Å²) < 4.78 is 33.7. The third kappa shape index (κ3) is 7.17. The number of hydrogen-bond acceptors (Lipinski definition) is 10. The van der Waals surface area contributed by atoms with Gasteiger partial charge in [0.2, 0.25) is 5.91 Å². The van der Waals surface area contributed by atoms with E-state index in [0.717, 1.165) is 12.8 Å². The van der Waals surface area contributed by atoms with Gasteiger partial charge in [-0.2, -0.15) is 0 Å². The van der Waals surface area contributed by atoms with E-state index in [1.807, 2.05) is 0 Å². The van der Waals surface area contributed by atoms with Crippen molar-refractivity contribution in [3.8, 4) is 5.75 Å². The zero-order chi connectivity index (χ0) is 30.5. The van der Waals surface area contributed by atoms with E-state index in [1.165, 1.54) is 18.2 Å². The summed E-state index contributed by atoms with van der Waals surface area (Å²) in [5.41, 5.74) is 4.55. The molecule has 0 spiro atoms. The number of aromatic hydroxyl groups is 1. The van der Waals surface area contributed by atoms with Crippen LogP contribution in [0.2, 0.25) is 0 Å². The Bertz CT molecular complexity index is 1540. The maximum absolute atomic E-state index is 13.2. The van der Waals surface area contributed by atoms with Gasteiger partial charge in [-0.1, -0.05) is 30.3 Å². The first-order chi connectivity index (χ1) is 20.0. The minimum Gasteiger partial charge on any atom is -0.507 e. The maximum Gasteiger partial charge on any atom is 0.343 e. The number of amides is 1. The van der Waals surface area contributed by atoms with Gasteiger partial charge in [-0.25, -0.2) is 13.2 Å². The van der Waals surface area contributed by atoms with Crippen molar-refractivity contribution in [2.24, 2.45) is 11.7 Å². The minimum atomic E-state index is -3.84. The monoisotopic (exact) mass is 601 g/mol. The number of nitrogens with two attached hydrogens (primary N) is 1. The second-order valence-electron chi connectivity index (χ2n) is 10.5. The molecule has 2 atom stereocenters. The summed E-state index contributed by atoms with van der Waals surface area (Å²) in [5.74, 6) is -1.40. The fraction of sp³-hybridized carbons (Fsp3) is 0.379. The molecule has 0 aliphatic heterocycles. The highest BCUT2D eigenvalue weighted by Gasteiger charge is 2.38. The van der Waals surface area contributed by atoms with E-state index in [4.69, 9.17) is 10.2 Å². The molecule has 12 nitrogen and oxygen atoms in total. The van der Waals surface area contributed by atoms with Crippen LogP contribution in [-0.2, 0) is 21.2 Å². The van der Waals surface area contributed by atoms with Crippen LogP contribution in [0.3, 0.4) is 0 Å². The lowest BCUT2D eigenvalue weighted by atomic mass is 9.87. The van der Waals surface area contributed by atoms with Gasteiger partial charge in [0.05, 0.1) is 36.3 Å². The van der Waals surface area contributed by atoms with Crippen LogP contribution >= 0.6 is 0 Å². The number of sulfonamides is 1. The highest BCUT2D eigenvalue weighted by Crippen LogP contribution is 2.48. The Balaban J connectivity index is 1.52. The zero-order valence-corrected chi connectivity index (χ0v) is 23.6. The van der Waals surface area contributed by atoms with Crippen LogP contribution in [0.15, 0.2) is 74.8 Å². The first-order valence-corrected chi connectivity index (χ1v) is 14.9. The van der Waals surface area contributed by atoms with Gasteiger partial charge in [0.15, 0.2) is 0 Å². The predicted molar refractivity (Wildman–Crippen MR) is 153 cm³/mol. The molecule has 2 unspecified atom stereocenters. The Kier molecular flexibility index (Phi) is 9.69. The largest absolute Gasteiger partial charge is 0.507 e. The molecular weight excluding hydrogens is 566 g/mol.